The summed E-state index contributed by atoms with van der Waals surface area (Å²) in [5, 5.41) is 7.05. The molecule has 0 aliphatic heterocycles. The molecule has 0 heterocycles. The summed E-state index contributed by atoms with van der Waals surface area (Å²) in [4.78, 5) is 0. The van der Waals surface area contributed by atoms with E-state index in [2.05, 4.69) is 35.6 Å². The Morgan fingerprint density at radius 2 is 1.45 bits per heavy atom. The fourth-order valence-electron chi connectivity index (χ4n) is 2.21. The van der Waals surface area contributed by atoms with Crippen LogP contribution >= 0.6 is 23.2 Å². The van der Waals surface area contributed by atoms with E-state index >= 15 is 0 Å². The van der Waals surface area contributed by atoms with Gasteiger partial charge in [-0.25, -0.2) is 0 Å². The van der Waals surface area contributed by atoms with Crippen molar-refractivity contribution in [2.24, 2.45) is 0 Å². The Balaban J connectivity index is 1.83. The van der Waals surface area contributed by atoms with Crippen LogP contribution in [0.3, 0.4) is 0 Å². The SMILES string of the molecule is Clc1cccc(Cl)c1NCc1ccc2ccccc2c1. The summed E-state index contributed by atoms with van der Waals surface area (Å²) in [6.45, 7) is 0.689. The number of nitrogens with one attached hydrogen (secondary N) is 1. The van der Waals surface area contributed by atoms with Crippen molar-refractivity contribution in [3.63, 3.8) is 0 Å². The van der Waals surface area contributed by atoms with Crippen LogP contribution in [0, 0.1) is 0 Å². The van der Waals surface area contributed by atoms with Gasteiger partial charge in [-0.1, -0.05) is 65.7 Å². The van der Waals surface area contributed by atoms with Gasteiger partial charge in [0.05, 0.1) is 15.7 Å². The second-order valence-corrected chi connectivity index (χ2v) is 5.45. The summed E-state index contributed by atoms with van der Waals surface area (Å²) < 4.78 is 0. The zero-order chi connectivity index (χ0) is 13.9. The molecule has 0 unspecified atom stereocenters. The van der Waals surface area contributed by atoms with Crippen molar-refractivity contribution in [3.05, 3.63) is 76.3 Å². The van der Waals surface area contributed by atoms with Gasteiger partial charge in [-0.2, -0.15) is 0 Å². The van der Waals surface area contributed by atoms with Crippen molar-refractivity contribution in [1.29, 1.82) is 0 Å². The predicted octanol–water partition coefficient (Wildman–Crippen LogP) is 5.76. The van der Waals surface area contributed by atoms with E-state index in [9.17, 15) is 0 Å². The van der Waals surface area contributed by atoms with E-state index in [4.69, 9.17) is 23.2 Å². The largest absolute Gasteiger partial charge is 0.379 e. The Morgan fingerprint density at radius 1 is 0.750 bits per heavy atom. The summed E-state index contributed by atoms with van der Waals surface area (Å²) in [6, 6.07) is 20.2. The van der Waals surface area contributed by atoms with Gasteiger partial charge in [-0.15, -0.1) is 0 Å². The van der Waals surface area contributed by atoms with E-state index in [0.717, 1.165) is 5.69 Å². The van der Waals surface area contributed by atoms with E-state index in [1.54, 1.807) is 0 Å². The Hall–Kier alpha value is -1.70. The molecule has 0 amide bonds. The van der Waals surface area contributed by atoms with Gasteiger partial charge in [-0.05, 0) is 34.5 Å². The lowest BCUT2D eigenvalue weighted by Gasteiger charge is -2.11. The summed E-state index contributed by atoms with van der Waals surface area (Å²) >= 11 is 12.3. The molecule has 3 aromatic carbocycles. The maximum Gasteiger partial charge on any atom is 0.0721 e. The minimum Gasteiger partial charge on any atom is -0.379 e. The number of para-hydroxylation sites is 1. The molecule has 0 aromatic heterocycles. The van der Waals surface area contributed by atoms with Crippen molar-refractivity contribution in [2.75, 3.05) is 5.32 Å². The van der Waals surface area contributed by atoms with E-state index in [0.29, 0.717) is 16.6 Å². The van der Waals surface area contributed by atoms with Gasteiger partial charge in [0.15, 0.2) is 0 Å². The van der Waals surface area contributed by atoms with Crippen molar-refractivity contribution < 1.29 is 0 Å². The number of benzene rings is 3. The molecule has 0 bridgehead atoms. The lowest BCUT2D eigenvalue weighted by molar-refractivity contribution is 1.16. The summed E-state index contributed by atoms with van der Waals surface area (Å²) in [6.07, 6.45) is 0. The first-order chi connectivity index (χ1) is 9.74. The molecule has 3 rings (SSSR count). The molecule has 3 heteroatoms. The highest BCUT2D eigenvalue weighted by molar-refractivity contribution is 6.39. The standard InChI is InChI=1S/C17H13Cl2N/c18-15-6-3-7-16(19)17(15)20-11-12-8-9-13-4-1-2-5-14(13)10-12/h1-10,20H,11H2. The van der Waals surface area contributed by atoms with Crippen LogP contribution in [-0.2, 0) is 6.54 Å². The molecule has 20 heavy (non-hydrogen) atoms. The van der Waals surface area contributed by atoms with Crippen LogP contribution in [0.15, 0.2) is 60.7 Å². The maximum absolute atomic E-state index is 6.14. The minimum absolute atomic E-state index is 0.637. The first-order valence-electron chi connectivity index (χ1n) is 6.39. The zero-order valence-electron chi connectivity index (χ0n) is 10.7. The second-order valence-electron chi connectivity index (χ2n) is 4.63. The molecule has 0 radical (unpaired) electrons. The molecule has 0 saturated carbocycles. The van der Waals surface area contributed by atoms with Gasteiger partial charge in [-0.3, -0.25) is 0 Å². The van der Waals surface area contributed by atoms with Crippen LogP contribution in [0.4, 0.5) is 5.69 Å². The molecule has 0 fully saturated rings. The lowest BCUT2D eigenvalue weighted by Crippen LogP contribution is -2.00. The van der Waals surface area contributed by atoms with E-state index < -0.39 is 0 Å². The van der Waals surface area contributed by atoms with Crippen LogP contribution in [0.2, 0.25) is 10.0 Å². The Labute approximate surface area is 128 Å². The normalized spacial score (nSPS) is 10.7. The third-order valence-corrected chi connectivity index (χ3v) is 3.88. The molecule has 0 aliphatic carbocycles. The lowest BCUT2D eigenvalue weighted by atomic mass is 10.1. The number of anilines is 1. The summed E-state index contributed by atoms with van der Waals surface area (Å²) in [5.41, 5.74) is 1.98. The highest BCUT2D eigenvalue weighted by Gasteiger charge is 2.04. The molecular formula is C17H13Cl2N. The molecule has 3 aromatic rings. The number of hydrogen-bond donors (Lipinski definition) is 1. The van der Waals surface area contributed by atoms with Gasteiger partial charge < -0.3 is 5.32 Å². The summed E-state index contributed by atoms with van der Waals surface area (Å²) in [7, 11) is 0. The third-order valence-electron chi connectivity index (χ3n) is 3.25. The quantitative estimate of drug-likeness (QED) is 0.648. The molecule has 100 valence electrons. The highest BCUT2D eigenvalue weighted by Crippen LogP contribution is 2.30. The Bertz CT molecular complexity index is 733. The molecule has 0 spiro atoms. The van der Waals surface area contributed by atoms with Gasteiger partial charge in [0.25, 0.3) is 0 Å². The van der Waals surface area contributed by atoms with Crippen molar-refractivity contribution in [1.82, 2.24) is 0 Å². The number of rotatable bonds is 3. The third kappa shape index (κ3) is 2.74. The van der Waals surface area contributed by atoms with E-state index in [1.165, 1.54) is 16.3 Å². The van der Waals surface area contributed by atoms with E-state index in [-0.39, 0.29) is 0 Å². The van der Waals surface area contributed by atoms with Gasteiger partial charge in [0.1, 0.15) is 0 Å². The molecular weight excluding hydrogens is 289 g/mol. The van der Waals surface area contributed by atoms with E-state index in [1.807, 2.05) is 30.3 Å². The Kier molecular flexibility index (Phi) is 3.81. The van der Waals surface area contributed by atoms with Crippen LogP contribution in [0.25, 0.3) is 10.8 Å². The van der Waals surface area contributed by atoms with Crippen molar-refractivity contribution in [3.8, 4) is 0 Å². The molecule has 1 N–H and O–H groups in total. The number of fused-ring (bicyclic) bond motifs is 1. The highest BCUT2D eigenvalue weighted by atomic mass is 35.5. The van der Waals surface area contributed by atoms with Crippen molar-refractivity contribution in [2.45, 2.75) is 6.54 Å². The average Bonchev–Trinajstić information content (AvgIpc) is 2.46. The fourth-order valence-corrected chi connectivity index (χ4v) is 2.74. The summed E-state index contributed by atoms with van der Waals surface area (Å²) in [5.74, 6) is 0. The van der Waals surface area contributed by atoms with Crippen LogP contribution in [0.1, 0.15) is 5.56 Å². The first kappa shape index (κ1) is 13.3. The maximum atomic E-state index is 6.14. The Morgan fingerprint density at radius 3 is 2.20 bits per heavy atom. The molecule has 1 nitrogen and oxygen atoms in total. The fraction of sp³-hybridized carbons (Fsp3) is 0.0588. The number of hydrogen-bond acceptors (Lipinski definition) is 1. The zero-order valence-corrected chi connectivity index (χ0v) is 12.2. The molecule has 0 atom stereocenters. The smallest absolute Gasteiger partial charge is 0.0721 e. The predicted molar refractivity (Wildman–Crippen MR) is 87.7 cm³/mol. The molecule has 0 aliphatic rings. The van der Waals surface area contributed by atoms with Gasteiger partial charge in [0.2, 0.25) is 0 Å². The number of halogens is 2. The molecule has 0 saturated heterocycles. The minimum atomic E-state index is 0.637. The van der Waals surface area contributed by atoms with Crippen LogP contribution in [-0.4, -0.2) is 0 Å². The first-order valence-corrected chi connectivity index (χ1v) is 7.15. The van der Waals surface area contributed by atoms with Crippen molar-refractivity contribution >= 4 is 39.7 Å². The second kappa shape index (κ2) is 5.74. The monoisotopic (exact) mass is 301 g/mol. The van der Waals surface area contributed by atoms with Gasteiger partial charge in [0, 0.05) is 6.54 Å². The van der Waals surface area contributed by atoms with Gasteiger partial charge >= 0.3 is 0 Å². The van der Waals surface area contributed by atoms with Crippen LogP contribution in [0.5, 0.6) is 0 Å². The van der Waals surface area contributed by atoms with Crippen LogP contribution < -0.4 is 5.32 Å². The topological polar surface area (TPSA) is 12.0 Å². The average molecular weight is 302 g/mol.